The fraction of sp³-hybridized carbons (Fsp3) is 0.333. The van der Waals surface area contributed by atoms with Gasteiger partial charge in [-0.2, -0.15) is 13.2 Å². The maximum absolute atomic E-state index is 12.7. The molecule has 0 radical (unpaired) electrons. The fourth-order valence-corrected chi connectivity index (χ4v) is 1.34. The van der Waals surface area contributed by atoms with Crippen molar-refractivity contribution in [1.29, 1.82) is 0 Å². The second-order valence-electron chi connectivity index (χ2n) is 3.75. The highest BCUT2D eigenvalue weighted by Crippen LogP contribution is 2.34. The molecule has 0 saturated carbocycles. The summed E-state index contributed by atoms with van der Waals surface area (Å²) in [7, 11) is 0. The van der Waals surface area contributed by atoms with Crippen molar-refractivity contribution < 1.29 is 22.8 Å². The van der Waals surface area contributed by atoms with Gasteiger partial charge in [-0.25, -0.2) is 0 Å². The van der Waals surface area contributed by atoms with Crippen molar-refractivity contribution in [2.45, 2.75) is 19.5 Å². The van der Waals surface area contributed by atoms with E-state index in [1.54, 1.807) is 6.92 Å². The molecule has 0 aliphatic heterocycles. The molecule has 0 aliphatic carbocycles. The van der Waals surface area contributed by atoms with E-state index in [2.05, 4.69) is 5.32 Å². The Morgan fingerprint density at radius 3 is 2.37 bits per heavy atom. The fourth-order valence-electron chi connectivity index (χ4n) is 1.34. The van der Waals surface area contributed by atoms with E-state index in [1.807, 2.05) is 5.32 Å². The van der Waals surface area contributed by atoms with Crippen molar-refractivity contribution in [3.05, 3.63) is 29.8 Å². The molecular formula is C12H13F3N2O2. The third kappa shape index (κ3) is 4.27. The number of nitrogens with one attached hydrogen (secondary N) is 2. The molecule has 0 aromatic heterocycles. The minimum Gasteiger partial charge on any atom is -0.348 e. The Morgan fingerprint density at radius 2 is 1.79 bits per heavy atom. The van der Waals surface area contributed by atoms with Gasteiger partial charge in [-0.1, -0.05) is 19.1 Å². The smallest absolute Gasteiger partial charge is 0.348 e. The Labute approximate surface area is 108 Å². The van der Waals surface area contributed by atoms with Crippen LogP contribution < -0.4 is 10.6 Å². The highest BCUT2D eigenvalue weighted by Gasteiger charge is 2.33. The number of rotatable bonds is 3. The number of hydrogen-bond donors (Lipinski definition) is 2. The van der Waals surface area contributed by atoms with Gasteiger partial charge in [-0.05, 0) is 18.6 Å². The van der Waals surface area contributed by atoms with Crippen LogP contribution in [-0.4, -0.2) is 18.4 Å². The molecule has 4 nitrogen and oxygen atoms in total. The summed E-state index contributed by atoms with van der Waals surface area (Å²) in [6.45, 7) is 2.07. The first-order valence-electron chi connectivity index (χ1n) is 5.61. The third-order valence-electron chi connectivity index (χ3n) is 2.22. The maximum Gasteiger partial charge on any atom is 0.418 e. The number of benzene rings is 1. The Morgan fingerprint density at radius 1 is 1.16 bits per heavy atom. The van der Waals surface area contributed by atoms with Crippen molar-refractivity contribution in [1.82, 2.24) is 5.32 Å². The second-order valence-corrected chi connectivity index (χ2v) is 3.75. The number of para-hydroxylation sites is 1. The van der Waals surface area contributed by atoms with Crippen LogP contribution in [0.3, 0.4) is 0 Å². The summed E-state index contributed by atoms with van der Waals surface area (Å²) in [5, 5.41) is 4.23. The molecule has 1 aromatic carbocycles. The van der Waals surface area contributed by atoms with E-state index in [-0.39, 0.29) is 6.54 Å². The second kappa shape index (κ2) is 6.21. The standard InChI is InChI=1S/C12H13F3N2O2/c1-2-7-16-10(18)11(19)17-9-6-4-3-5-8(9)12(13,14)15/h3-6H,2,7H2,1H3,(H,16,18)(H,17,19). The molecule has 1 rings (SSSR count). The first kappa shape index (κ1) is 15.0. The molecule has 2 amide bonds. The largest absolute Gasteiger partial charge is 0.418 e. The molecule has 2 N–H and O–H groups in total. The van der Waals surface area contributed by atoms with Crippen LogP contribution in [0.25, 0.3) is 0 Å². The minimum absolute atomic E-state index is 0.285. The molecule has 0 fully saturated rings. The Kier molecular flexibility index (Phi) is 4.91. The molecule has 7 heteroatoms. The quantitative estimate of drug-likeness (QED) is 0.830. The van der Waals surface area contributed by atoms with Crippen LogP contribution in [0.5, 0.6) is 0 Å². The van der Waals surface area contributed by atoms with E-state index in [9.17, 15) is 22.8 Å². The van der Waals surface area contributed by atoms with E-state index in [4.69, 9.17) is 0 Å². The SMILES string of the molecule is CCCNC(=O)C(=O)Nc1ccccc1C(F)(F)F. The van der Waals surface area contributed by atoms with Gasteiger partial charge in [0, 0.05) is 6.54 Å². The van der Waals surface area contributed by atoms with Gasteiger partial charge in [0.05, 0.1) is 11.3 Å². The third-order valence-corrected chi connectivity index (χ3v) is 2.22. The zero-order valence-electron chi connectivity index (χ0n) is 10.2. The summed E-state index contributed by atoms with van der Waals surface area (Å²) in [4.78, 5) is 22.7. The molecule has 1 aromatic rings. The van der Waals surface area contributed by atoms with Gasteiger partial charge in [0.15, 0.2) is 0 Å². The molecule has 0 unspecified atom stereocenters. The van der Waals surface area contributed by atoms with Crippen LogP contribution in [-0.2, 0) is 15.8 Å². The predicted octanol–water partition coefficient (Wildman–Crippen LogP) is 2.17. The lowest BCUT2D eigenvalue weighted by Crippen LogP contribution is -2.36. The minimum atomic E-state index is -4.59. The van der Waals surface area contributed by atoms with Gasteiger partial charge < -0.3 is 10.6 Å². The summed E-state index contributed by atoms with van der Waals surface area (Å²) >= 11 is 0. The molecule has 0 aliphatic rings. The lowest BCUT2D eigenvalue weighted by molar-refractivity contribution is -0.138. The number of alkyl halides is 3. The number of carbonyl (C=O) groups is 2. The van der Waals surface area contributed by atoms with Gasteiger partial charge in [0.2, 0.25) is 0 Å². The van der Waals surface area contributed by atoms with E-state index < -0.39 is 29.2 Å². The molecule has 0 spiro atoms. The van der Waals surface area contributed by atoms with Crippen molar-refractivity contribution in [3.8, 4) is 0 Å². The van der Waals surface area contributed by atoms with E-state index in [0.29, 0.717) is 6.42 Å². The van der Waals surface area contributed by atoms with Gasteiger partial charge in [-0.15, -0.1) is 0 Å². The lowest BCUT2D eigenvalue weighted by Gasteiger charge is -2.13. The summed E-state index contributed by atoms with van der Waals surface area (Å²) in [5.74, 6) is -2.08. The van der Waals surface area contributed by atoms with Crippen molar-refractivity contribution in [2.24, 2.45) is 0 Å². The van der Waals surface area contributed by atoms with Crippen LogP contribution in [0.4, 0.5) is 18.9 Å². The zero-order valence-corrected chi connectivity index (χ0v) is 10.2. The molecule has 0 heterocycles. The summed E-state index contributed by atoms with van der Waals surface area (Å²) in [5.41, 5.74) is -1.43. The summed E-state index contributed by atoms with van der Waals surface area (Å²) in [6.07, 6.45) is -3.97. The van der Waals surface area contributed by atoms with E-state index in [1.165, 1.54) is 12.1 Å². The zero-order chi connectivity index (χ0) is 14.5. The molecule has 19 heavy (non-hydrogen) atoms. The van der Waals surface area contributed by atoms with Gasteiger partial charge >= 0.3 is 18.0 Å². The number of anilines is 1. The van der Waals surface area contributed by atoms with Crippen LogP contribution in [0.2, 0.25) is 0 Å². The summed E-state index contributed by atoms with van der Waals surface area (Å²) < 4.78 is 38.0. The number of carbonyl (C=O) groups excluding carboxylic acids is 2. The van der Waals surface area contributed by atoms with E-state index >= 15 is 0 Å². The number of halogens is 3. The van der Waals surface area contributed by atoms with Gasteiger partial charge in [-0.3, -0.25) is 9.59 Å². The lowest BCUT2D eigenvalue weighted by atomic mass is 10.1. The average Bonchev–Trinajstić information content (AvgIpc) is 2.35. The highest BCUT2D eigenvalue weighted by molar-refractivity contribution is 6.39. The van der Waals surface area contributed by atoms with Crippen molar-refractivity contribution in [2.75, 3.05) is 11.9 Å². The molecule has 0 atom stereocenters. The molecule has 0 bridgehead atoms. The van der Waals surface area contributed by atoms with Crippen molar-refractivity contribution >= 4 is 17.5 Å². The normalized spacial score (nSPS) is 10.9. The monoisotopic (exact) mass is 274 g/mol. The Bertz CT molecular complexity index is 472. The topological polar surface area (TPSA) is 58.2 Å². The molecule has 0 saturated heterocycles. The molecule has 104 valence electrons. The Hall–Kier alpha value is -2.05. The predicted molar refractivity (Wildman–Crippen MR) is 63.4 cm³/mol. The van der Waals surface area contributed by atoms with Gasteiger partial charge in [0.1, 0.15) is 0 Å². The van der Waals surface area contributed by atoms with Crippen molar-refractivity contribution in [3.63, 3.8) is 0 Å². The first-order valence-corrected chi connectivity index (χ1v) is 5.61. The number of hydrogen-bond acceptors (Lipinski definition) is 2. The first-order chi connectivity index (χ1) is 8.86. The maximum atomic E-state index is 12.7. The van der Waals surface area contributed by atoms with Crippen LogP contribution >= 0.6 is 0 Å². The average molecular weight is 274 g/mol. The van der Waals surface area contributed by atoms with E-state index in [0.717, 1.165) is 12.1 Å². The van der Waals surface area contributed by atoms with Crippen LogP contribution in [0.15, 0.2) is 24.3 Å². The van der Waals surface area contributed by atoms with Crippen LogP contribution in [0.1, 0.15) is 18.9 Å². The Balaban J connectivity index is 2.83. The van der Waals surface area contributed by atoms with Gasteiger partial charge in [0.25, 0.3) is 0 Å². The number of amides is 2. The summed E-state index contributed by atoms with van der Waals surface area (Å²) in [6, 6.07) is 4.47. The van der Waals surface area contributed by atoms with Crippen LogP contribution in [0, 0.1) is 0 Å². The molecular weight excluding hydrogens is 261 g/mol. The highest BCUT2D eigenvalue weighted by atomic mass is 19.4.